The number of hydrogen-bond acceptors (Lipinski definition) is 2. The number of nitrogens with zero attached hydrogens (tertiary/aromatic N) is 1. The molecule has 0 bridgehead atoms. The standard InChI is InChI=1S/C5H5N.CHO2.Au.2ClH/c1-2-4-6-5-3-1;2-1-3;;;/h1-5H;(H,2,3);;2*1H/q;;+2;;/p-2. The zero-order valence-corrected chi connectivity index (χ0v) is 9.43. The van der Waals surface area contributed by atoms with Crippen molar-refractivity contribution in [2.45, 2.75) is 0 Å². The van der Waals surface area contributed by atoms with Gasteiger partial charge in [0.05, 0.1) is 0 Å². The fourth-order valence-electron chi connectivity index (χ4n) is 0.313. The van der Waals surface area contributed by atoms with E-state index in [-0.39, 0.29) is 0 Å². The van der Waals surface area contributed by atoms with Crippen molar-refractivity contribution >= 4 is 22.6 Å². The van der Waals surface area contributed by atoms with Crippen molar-refractivity contribution in [1.29, 1.82) is 0 Å². The molecule has 0 saturated heterocycles. The Bertz CT molecular complexity index is 193. The quantitative estimate of drug-likeness (QED) is 0.749. The third-order valence-corrected chi connectivity index (χ3v) is 2.96. The molecule has 6 heteroatoms. The van der Waals surface area contributed by atoms with Gasteiger partial charge in [0.2, 0.25) is 0 Å². The van der Waals surface area contributed by atoms with E-state index in [0.717, 1.165) is 0 Å². The van der Waals surface area contributed by atoms with E-state index in [2.05, 4.69) is 4.98 Å². The average molecular weight is 392 g/mol. The third kappa shape index (κ3) is 8.04. The molecule has 0 unspecified atom stereocenters. The van der Waals surface area contributed by atoms with E-state index < -0.39 is 20.5 Å². The predicted molar refractivity (Wildman–Crippen MR) is 44.0 cm³/mol. The van der Waals surface area contributed by atoms with Gasteiger partial charge in [0.1, 0.15) is 0 Å². The number of carbonyl (C=O) groups is 1. The van der Waals surface area contributed by atoms with E-state index in [1.165, 1.54) is 0 Å². The summed E-state index contributed by atoms with van der Waals surface area (Å²) < 4.78 is -1.06. The van der Waals surface area contributed by atoms with Crippen LogP contribution in [0.5, 0.6) is 0 Å². The molecule has 1 N–H and O–H groups in total. The number of halogens is 2. The Labute approximate surface area is 84.1 Å². The summed E-state index contributed by atoms with van der Waals surface area (Å²) in [7, 11) is 9.85. The molecule has 1 rings (SSSR count). The van der Waals surface area contributed by atoms with Crippen LogP contribution in [0.3, 0.4) is 0 Å². The summed E-state index contributed by atoms with van der Waals surface area (Å²) in [6, 6.07) is 5.72. The van der Waals surface area contributed by atoms with Gasteiger partial charge in [-0.3, -0.25) is 4.98 Å². The van der Waals surface area contributed by atoms with Crippen molar-refractivity contribution in [3.8, 4) is 0 Å². The van der Waals surface area contributed by atoms with E-state index in [9.17, 15) is 4.79 Å². The van der Waals surface area contributed by atoms with Gasteiger partial charge in [-0.05, 0) is 12.1 Å². The summed E-state index contributed by atoms with van der Waals surface area (Å²) in [6.45, 7) is 0. The SMILES string of the molecule is O=[C](O)[Au]([Cl])[Cl].c1ccncc1. The van der Waals surface area contributed by atoms with Gasteiger partial charge in [0.25, 0.3) is 0 Å². The van der Waals surface area contributed by atoms with Crippen LogP contribution in [0, 0.1) is 0 Å². The third-order valence-electron chi connectivity index (χ3n) is 0.664. The molecule has 0 spiro atoms. The van der Waals surface area contributed by atoms with Gasteiger partial charge in [-0.25, -0.2) is 0 Å². The molecule has 1 heterocycles. The van der Waals surface area contributed by atoms with Crippen molar-refractivity contribution in [3.05, 3.63) is 30.6 Å². The molecule has 0 aliphatic heterocycles. The largest absolute Gasteiger partial charge is 0.265 e. The van der Waals surface area contributed by atoms with Gasteiger partial charge in [-0.2, -0.15) is 0 Å². The molecular formula is C6H6AuCl2NO2. The molecule has 0 radical (unpaired) electrons. The number of rotatable bonds is 1. The molecule has 0 aromatic carbocycles. The van der Waals surface area contributed by atoms with E-state index in [1.54, 1.807) is 12.4 Å². The summed E-state index contributed by atoms with van der Waals surface area (Å²) in [4.78, 5) is 13.3. The molecule has 12 heavy (non-hydrogen) atoms. The summed E-state index contributed by atoms with van der Waals surface area (Å²) >= 11 is -2.46. The minimum absolute atomic E-state index is 1.06. The van der Waals surface area contributed by atoms with Crippen LogP contribution < -0.4 is 0 Å². The van der Waals surface area contributed by atoms with Crippen LogP contribution in [-0.4, -0.2) is 14.3 Å². The Kier molecular flexibility index (Phi) is 7.54. The maximum atomic E-state index is 9.50. The first-order valence-electron chi connectivity index (χ1n) is 2.66. The second-order valence-corrected chi connectivity index (χ2v) is 8.14. The zero-order valence-electron chi connectivity index (χ0n) is 5.75. The second-order valence-electron chi connectivity index (χ2n) is 1.40. The predicted octanol–water partition coefficient (Wildman–Crippen LogP) is 2.67. The minimum atomic E-state index is -2.46. The normalized spacial score (nSPS) is 9.33. The Morgan fingerprint density at radius 2 is 1.67 bits per heavy atom. The monoisotopic (exact) mass is 391 g/mol. The molecule has 0 aliphatic carbocycles. The molecule has 1 aromatic rings. The molecule has 3 nitrogen and oxygen atoms in total. The van der Waals surface area contributed by atoms with Gasteiger partial charge in [-0.15, -0.1) is 0 Å². The fraction of sp³-hybridized carbons (Fsp3) is 0. The maximum absolute atomic E-state index is 9.50. The topological polar surface area (TPSA) is 50.2 Å². The van der Waals surface area contributed by atoms with Crippen LogP contribution in [-0.2, 0) is 16.3 Å². The summed E-state index contributed by atoms with van der Waals surface area (Å²) in [6.07, 6.45) is 3.50. The summed E-state index contributed by atoms with van der Waals surface area (Å²) in [5.41, 5.74) is 0. The first-order valence-corrected chi connectivity index (χ1v) is 9.11. The van der Waals surface area contributed by atoms with Gasteiger partial charge in [0.15, 0.2) is 0 Å². The molecule has 0 saturated carbocycles. The van der Waals surface area contributed by atoms with E-state index in [1.807, 2.05) is 18.2 Å². The second kappa shape index (κ2) is 7.58. The van der Waals surface area contributed by atoms with Crippen molar-refractivity contribution in [3.63, 3.8) is 0 Å². The Hall–Kier alpha value is -0.0597. The zero-order chi connectivity index (χ0) is 9.40. The van der Waals surface area contributed by atoms with Crippen LogP contribution in [0.1, 0.15) is 0 Å². The molecule has 72 valence electrons. The Morgan fingerprint density at radius 1 is 1.25 bits per heavy atom. The molecule has 0 fully saturated rings. The molecule has 0 amide bonds. The number of hydrogen-bond donors (Lipinski definition) is 1. The summed E-state index contributed by atoms with van der Waals surface area (Å²) in [5.74, 6) is 0. The molecular weight excluding hydrogens is 386 g/mol. The van der Waals surface area contributed by atoms with Crippen molar-refractivity contribution in [2.75, 3.05) is 0 Å². The fourth-order valence-corrected chi connectivity index (χ4v) is 0.313. The van der Waals surface area contributed by atoms with Crippen LogP contribution >= 0.6 is 18.4 Å². The number of pyridine rings is 1. The molecule has 0 aliphatic rings. The first-order chi connectivity index (χ1) is 5.64. The van der Waals surface area contributed by atoms with Crippen LogP contribution in [0.25, 0.3) is 0 Å². The molecule has 0 atom stereocenters. The number of carboxylic acid groups (broad SMARTS) is 1. The van der Waals surface area contributed by atoms with Gasteiger partial charge < -0.3 is 0 Å². The van der Waals surface area contributed by atoms with E-state index in [4.69, 9.17) is 23.5 Å². The Morgan fingerprint density at radius 3 is 1.75 bits per heavy atom. The van der Waals surface area contributed by atoms with Gasteiger partial charge in [0, 0.05) is 12.4 Å². The van der Waals surface area contributed by atoms with Gasteiger partial charge in [-0.1, -0.05) is 6.07 Å². The van der Waals surface area contributed by atoms with Crippen molar-refractivity contribution in [2.24, 2.45) is 0 Å². The average Bonchev–Trinajstić information content (AvgIpc) is 2.08. The first kappa shape index (κ1) is 11.9. The molecule has 1 aromatic heterocycles. The summed E-state index contributed by atoms with van der Waals surface area (Å²) in [5, 5.41) is 7.79. The van der Waals surface area contributed by atoms with Crippen LogP contribution in [0.2, 0.25) is 0 Å². The van der Waals surface area contributed by atoms with Crippen LogP contribution in [0.15, 0.2) is 30.6 Å². The van der Waals surface area contributed by atoms with E-state index >= 15 is 0 Å². The minimum Gasteiger partial charge on any atom is -0.265 e. The smallest absolute Gasteiger partial charge is 0.0267 e. The van der Waals surface area contributed by atoms with E-state index in [0.29, 0.717) is 0 Å². The van der Waals surface area contributed by atoms with Gasteiger partial charge >= 0.3 is 48.7 Å². The number of aromatic nitrogens is 1. The Balaban J connectivity index is 0.000000202. The van der Waals surface area contributed by atoms with Crippen molar-refractivity contribution in [1.82, 2.24) is 4.98 Å². The van der Waals surface area contributed by atoms with Crippen LogP contribution in [0.4, 0.5) is 4.79 Å². The maximum Gasteiger partial charge on any atom is 0.0267 e. The van der Waals surface area contributed by atoms with Crippen molar-refractivity contribution < 1.29 is 26.2 Å².